The lowest BCUT2D eigenvalue weighted by molar-refractivity contribution is -0.126. The number of hydrogen-bond acceptors (Lipinski definition) is 5. The van der Waals surface area contributed by atoms with Crippen molar-refractivity contribution >= 4 is 18.3 Å². The van der Waals surface area contributed by atoms with Crippen LogP contribution < -0.4 is 20.1 Å². The lowest BCUT2D eigenvalue weighted by Gasteiger charge is -2.22. The van der Waals surface area contributed by atoms with Crippen LogP contribution in [0.4, 0.5) is 0 Å². The Kier molecular flexibility index (Phi) is 7.89. The van der Waals surface area contributed by atoms with Crippen molar-refractivity contribution < 1.29 is 19.0 Å². The van der Waals surface area contributed by atoms with Crippen LogP contribution in [0.15, 0.2) is 24.3 Å². The van der Waals surface area contributed by atoms with Crippen LogP contribution in [0.2, 0.25) is 0 Å². The summed E-state index contributed by atoms with van der Waals surface area (Å²) in [5.74, 6) is 1.48. The number of hydrogen-bond donors (Lipinski definition) is 2. The summed E-state index contributed by atoms with van der Waals surface area (Å²) in [5, 5.41) is 5.91. The fourth-order valence-corrected chi connectivity index (χ4v) is 1.87. The van der Waals surface area contributed by atoms with Crippen molar-refractivity contribution in [2.24, 2.45) is 0 Å². The molecule has 118 valence electrons. The van der Waals surface area contributed by atoms with Crippen molar-refractivity contribution in [3.05, 3.63) is 24.3 Å². The van der Waals surface area contributed by atoms with Gasteiger partial charge in [0.2, 0.25) is 5.91 Å². The highest BCUT2D eigenvalue weighted by atomic mass is 35.5. The number of morpholine rings is 1. The zero-order valence-corrected chi connectivity index (χ0v) is 12.8. The molecule has 2 N–H and O–H groups in total. The van der Waals surface area contributed by atoms with Gasteiger partial charge in [-0.3, -0.25) is 4.79 Å². The Morgan fingerprint density at radius 2 is 2.10 bits per heavy atom. The molecular formula is C14H21ClN2O4. The van der Waals surface area contributed by atoms with Gasteiger partial charge in [-0.1, -0.05) is 0 Å². The molecule has 1 fully saturated rings. The molecule has 1 saturated heterocycles. The zero-order valence-electron chi connectivity index (χ0n) is 12.0. The summed E-state index contributed by atoms with van der Waals surface area (Å²) in [7, 11) is 1.62. The quantitative estimate of drug-likeness (QED) is 0.752. The molecule has 0 aromatic heterocycles. The molecule has 1 aromatic carbocycles. The second-order valence-electron chi connectivity index (χ2n) is 4.40. The Bertz CT molecular complexity index is 421. The van der Waals surface area contributed by atoms with E-state index in [1.165, 1.54) is 0 Å². The van der Waals surface area contributed by atoms with Gasteiger partial charge in [0.1, 0.15) is 24.1 Å². The van der Waals surface area contributed by atoms with Crippen molar-refractivity contribution in [2.45, 2.75) is 6.04 Å². The number of carbonyl (C=O) groups excluding carboxylic acids is 1. The maximum atomic E-state index is 11.8. The zero-order chi connectivity index (χ0) is 14.2. The molecule has 0 aliphatic carbocycles. The van der Waals surface area contributed by atoms with Crippen LogP contribution in [0, 0.1) is 0 Å². The average Bonchev–Trinajstić information content (AvgIpc) is 2.53. The number of rotatable bonds is 6. The van der Waals surface area contributed by atoms with Gasteiger partial charge in [0.15, 0.2) is 0 Å². The van der Waals surface area contributed by atoms with Gasteiger partial charge in [-0.2, -0.15) is 0 Å². The molecule has 1 amide bonds. The molecule has 1 heterocycles. The number of amides is 1. The third-order valence-electron chi connectivity index (χ3n) is 2.97. The van der Waals surface area contributed by atoms with E-state index in [1.54, 1.807) is 7.11 Å². The van der Waals surface area contributed by atoms with E-state index in [-0.39, 0.29) is 24.4 Å². The number of benzene rings is 1. The first kappa shape index (κ1) is 17.6. The number of carbonyl (C=O) groups is 1. The Morgan fingerprint density at radius 1 is 1.38 bits per heavy atom. The average molecular weight is 317 g/mol. The largest absolute Gasteiger partial charge is 0.497 e. The van der Waals surface area contributed by atoms with Crippen molar-refractivity contribution in [3.8, 4) is 11.5 Å². The van der Waals surface area contributed by atoms with Gasteiger partial charge >= 0.3 is 0 Å². The van der Waals surface area contributed by atoms with Crippen LogP contribution in [0.1, 0.15) is 0 Å². The summed E-state index contributed by atoms with van der Waals surface area (Å²) >= 11 is 0. The molecule has 1 aromatic rings. The lowest BCUT2D eigenvalue weighted by atomic mass is 10.2. The number of nitrogens with one attached hydrogen (secondary N) is 2. The summed E-state index contributed by atoms with van der Waals surface area (Å²) < 4.78 is 15.8. The van der Waals surface area contributed by atoms with Crippen LogP contribution in [0.25, 0.3) is 0 Å². The van der Waals surface area contributed by atoms with Crippen LogP contribution in [0.5, 0.6) is 11.5 Å². The van der Waals surface area contributed by atoms with Gasteiger partial charge in [0, 0.05) is 6.54 Å². The van der Waals surface area contributed by atoms with Gasteiger partial charge in [-0.05, 0) is 24.3 Å². The van der Waals surface area contributed by atoms with Crippen molar-refractivity contribution in [3.63, 3.8) is 0 Å². The van der Waals surface area contributed by atoms with E-state index in [4.69, 9.17) is 14.2 Å². The van der Waals surface area contributed by atoms with Gasteiger partial charge in [0.25, 0.3) is 0 Å². The molecule has 1 unspecified atom stereocenters. The van der Waals surface area contributed by atoms with Gasteiger partial charge in [0.05, 0.1) is 26.9 Å². The smallest absolute Gasteiger partial charge is 0.239 e. The van der Waals surface area contributed by atoms with E-state index in [0.29, 0.717) is 32.9 Å². The summed E-state index contributed by atoms with van der Waals surface area (Å²) in [5.41, 5.74) is 0. The molecule has 0 spiro atoms. The Morgan fingerprint density at radius 3 is 2.71 bits per heavy atom. The van der Waals surface area contributed by atoms with E-state index in [9.17, 15) is 4.79 Å². The SMILES string of the molecule is COc1ccc(OCCNC(=O)C2COCCN2)cc1.Cl. The monoisotopic (exact) mass is 316 g/mol. The minimum absolute atomic E-state index is 0. The van der Waals surface area contributed by atoms with Crippen LogP contribution in [-0.4, -0.2) is 52.0 Å². The van der Waals surface area contributed by atoms with Crippen LogP contribution in [0.3, 0.4) is 0 Å². The fourth-order valence-electron chi connectivity index (χ4n) is 1.87. The predicted molar refractivity (Wildman–Crippen MR) is 81.4 cm³/mol. The van der Waals surface area contributed by atoms with E-state index in [2.05, 4.69) is 10.6 Å². The molecule has 1 atom stereocenters. The van der Waals surface area contributed by atoms with E-state index >= 15 is 0 Å². The Hall–Kier alpha value is -1.50. The molecule has 7 heteroatoms. The van der Waals surface area contributed by atoms with Gasteiger partial charge in [-0.15, -0.1) is 12.4 Å². The third-order valence-corrected chi connectivity index (χ3v) is 2.97. The van der Waals surface area contributed by atoms with Crippen LogP contribution in [-0.2, 0) is 9.53 Å². The lowest BCUT2D eigenvalue weighted by Crippen LogP contribution is -2.51. The normalized spacial score (nSPS) is 17.5. The first-order valence-electron chi connectivity index (χ1n) is 6.65. The second-order valence-corrected chi connectivity index (χ2v) is 4.40. The molecule has 6 nitrogen and oxygen atoms in total. The molecular weight excluding hydrogens is 296 g/mol. The number of methoxy groups -OCH3 is 1. The second kappa shape index (κ2) is 9.44. The summed E-state index contributed by atoms with van der Waals surface area (Å²) in [6.07, 6.45) is 0. The predicted octanol–water partition coefficient (Wildman–Crippen LogP) is 0.600. The topological polar surface area (TPSA) is 68.8 Å². The van der Waals surface area contributed by atoms with Crippen molar-refractivity contribution in [2.75, 3.05) is 40.0 Å². The first-order valence-corrected chi connectivity index (χ1v) is 6.65. The van der Waals surface area contributed by atoms with Crippen molar-refractivity contribution in [1.29, 1.82) is 0 Å². The number of halogens is 1. The fraction of sp³-hybridized carbons (Fsp3) is 0.500. The highest BCUT2D eigenvalue weighted by molar-refractivity contribution is 5.85. The first-order chi connectivity index (χ1) is 9.79. The molecule has 0 radical (unpaired) electrons. The molecule has 0 bridgehead atoms. The standard InChI is InChI=1S/C14H20N2O4.ClH/c1-18-11-2-4-12(5-3-11)20-9-7-16-14(17)13-10-19-8-6-15-13;/h2-5,13,15H,6-10H2,1H3,(H,16,17);1H. The number of ether oxygens (including phenoxy) is 3. The van der Waals surface area contributed by atoms with E-state index in [1.807, 2.05) is 24.3 Å². The maximum absolute atomic E-state index is 11.8. The molecule has 21 heavy (non-hydrogen) atoms. The van der Waals surface area contributed by atoms with Crippen LogP contribution >= 0.6 is 12.4 Å². The molecule has 0 saturated carbocycles. The Labute approximate surface area is 130 Å². The van der Waals surface area contributed by atoms with Gasteiger partial charge in [-0.25, -0.2) is 0 Å². The summed E-state index contributed by atoms with van der Waals surface area (Å²) in [6, 6.07) is 7.06. The highest BCUT2D eigenvalue weighted by Crippen LogP contribution is 2.16. The third kappa shape index (κ3) is 5.79. The Balaban J connectivity index is 0.00000220. The summed E-state index contributed by atoms with van der Waals surface area (Å²) in [4.78, 5) is 11.8. The van der Waals surface area contributed by atoms with Crippen molar-refractivity contribution in [1.82, 2.24) is 10.6 Å². The minimum Gasteiger partial charge on any atom is -0.497 e. The van der Waals surface area contributed by atoms with Gasteiger partial charge < -0.3 is 24.8 Å². The summed E-state index contributed by atoms with van der Waals surface area (Å²) in [6.45, 7) is 2.67. The molecule has 2 rings (SSSR count). The maximum Gasteiger partial charge on any atom is 0.239 e. The van der Waals surface area contributed by atoms with E-state index < -0.39 is 0 Å². The minimum atomic E-state index is -0.260. The molecule has 1 aliphatic rings. The molecule has 1 aliphatic heterocycles. The highest BCUT2D eigenvalue weighted by Gasteiger charge is 2.20. The van der Waals surface area contributed by atoms with E-state index in [0.717, 1.165) is 11.5 Å².